The summed E-state index contributed by atoms with van der Waals surface area (Å²) in [6, 6.07) is 4.14. The third-order valence-corrected chi connectivity index (χ3v) is 2.40. The molecule has 0 aromatic heterocycles. The van der Waals surface area contributed by atoms with Crippen molar-refractivity contribution in [3.05, 3.63) is 23.8 Å². The molecule has 0 fully saturated rings. The van der Waals surface area contributed by atoms with Crippen molar-refractivity contribution >= 4 is 12.7 Å². The number of hydrazone groups is 1. The number of nitrogens with zero attached hydrogens (tertiary/aromatic N) is 1. The van der Waals surface area contributed by atoms with Gasteiger partial charge in [-0.25, -0.2) is 4.79 Å². The zero-order chi connectivity index (χ0) is 13.1. The molecule has 0 aliphatic carbocycles. The Morgan fingerprint density at radius 1 is 1.47 bits per heavy atom. The Bertz CT molecular complexity index is 447. The Balaban J connectivity index is 2.97. The van der Waals surface area contributed by atoms with Gasteiger partial charge in [0.15, 0.2) is 17.0 Å². The highest BCUT2D eigenvalue weighted by Gasteiger charge is 2.33. The average Bonchev–Trinajstić information content (AvgIpc) is 2.23. The van der Waals surface area contributed by atoms with Crippen LogP contribution >= 0.6 is 0 Å². The van der Waals surface area contributed by atoms with Gasteiger partial charge in [0.1, 0.15) is 0 Å². The number of rotatable bonds is 5. The molecule has 1 atom stereocenters. The van der Waals surface area contributed by atoms with Crippen molar-refractivity contribution < 1.29 is 20.1 Å². The summed E-state index contributed by atoms with van der Waals surface area (Å²) in [7, 11) is 0. The maximum absolute atomic E-state index is 11.1. The van der Waals surface area contributed by atoms with Gasteiger partial charge in [0, 0.05) is 13.1 Å². The fourth-order valence-electron chi connectivity index (χ4n) is 1.42. The van der Waals surface area contributed by atoms with Crippen LogP contribution in [-0.4, -0.2) is 33.5 Å². The van der Waals surface area contributed by atoms with Crippen molar-refractivity contribution in [2.24, 2.45) is 5.10 Å². The van der Waals surface area contributed by atoms with Gasteiger partial charge in [-0.15, -0.1) is 0 Å². The Kier molecular flexibility index (Phi) is 3.57. The highest BCUT2D eigenvalue weighted by Crippen LogP contribution is 2.26. The number of phenols is 2. The largest absolute Gasteiger partial charge is 0.504 e. The first kappa shape index (κ1) is 12.8. The Morgan fingerprint density at radius 2 is 2.12 bits per heavy atom. The van der Waals surface area contributed by atoms with E-state index in [0.29, 0.717) is 5.56 Å². The standard InChI is InChI=1S/C11H14N2O4/c1-11(10(16)17,13-12-2)6-7-3-4-8(14)9(15)5-7/h3-5,13-15H,2,6H2,1H3,(H,16,17). The molecule has 4 N–H and O–H groups in total. The van der Waals surface area contributed by atoms with Crippen LogP contribution < -0.4 is 5.43 Å². The molecule has 1 rings (SSSR count). The average molecular weight is 238 g/mol. The third kappa shape index (κ3) is 2.87. The van der Waals surface area contributed by atoms with E-state index in [-0.39, 0.29) is 17.9 Å². The van der Waals surface area contributed by atoms with Crippen LogP contribution in [0.15, 0.2) is 23.3 Å². The van der Waals surface area contributed by atoms with Crippen LogP contribution in [0.1, 0.15) is 12.5 Å². The summed E-state index contributed by atoms with van der Waals surface area (Å²) in [5, 5.41) is 30.9. The van der Waals surface area contributed by atoms with Crippen LogP contribution in [0, 0.1) is 0 Å². The van der Waals surface area contributed by atoms with Crippen molar-refractivity contribution in [1.29, 1.82) is 0 Å². The van der Waals surface area contributed by atoms with E-state index in [1.54, 1.807) is 0 Å². The minimum Gasteiger partial charge on any atom is -0.504 e. The molecule has 1 unspecified atom stereocenters. The molecule has 0 aliphatic heterocycles. The molecule has 0 saturated carbocycles. The fourth-order valence-corrected chi connectivity index (χ4v) is 1.42. The van der Waals surface area contributed by atoms with E-state index < -0.39 is 11.5 Å². The van der Waals surface area contributed by atoms with Gasteiger partial charge in [0.05, 0.1) is 0 Å². The molecule has 0 amide bonds. The number of benzene rings is 1. The van der Waals surface area contributed by atoms with Crippen LogP contribution in [-0.2, 0) is 11.2 Å². The van der Waals surface area contributed by atoms with Gasteiger partial charge < -0.3 is 15.3 Å². The number of phenolic OH excluding ortho intramolecular Hbond substituents is 2. The molecule has 0 aliphatic rings. The van der Waals surface area contributed by atoms with Gasteiger partial charge in [0.2, 0.25) is 0 Å². The van der Waals surface area contributed by atoms with Gasteiger partial charge in [-0.1, -0.05) is 6.07 Å². The van der Waals surface area contributed by atoms with E-state index in [2.05, 4.69) is 17.2 Å². The molecular formula is C11H14N2O4. The van der Waals surface area contributed by atoms with E-state index >= 15 is 0 Å². The van der Waals surface area contributed by atoms with Gasteiger partial charge in [-0.3, -0.25) is 5.43 Å². The van der Waals surface area contributed by atoms with Crippen molar-refractivity contribution in [2.45, 2.75) is 18.9 Å². The minimum atomic E-state index is -1.31. The number of carboxylic acids is 1. The number of aromatic hydroxyl groups is 2. The lowest BCUT2D eigenvalue weighted by atomic mass is 9.93. The Morgan fingerprint density at radius 3 is 2.59 bits per heavy atom. The molecule has 0 bridgehead atoms. The first-order valence-corrected chi connectivity index (χ1v) is 4.86. The summed E-state index contributed by atoms with van der Waals surface area (Å²) >= 11 is 0. The SMILES string of the molecule is C=NNC(C)(Cc1ccc(O)c(O)c1)C(=O)O. The van der Waals surface area contributed by atoms with Crippen molar-refractivity contribution in [1.82, 2.24) is 5.43 Å². The predicted molar refractivity (Wildman–Crippen MR) is 62.2 cm³/mol. The van der Waals surface area contributed by atoms with Crippen molar-refractivity contribution in [2.75, 3.05) is 0 Å². The normalized spacial score (nSPS) is 13.7. The first-order chi connectivity index (χ1) is 7.89. The number of hydrogen-bond acceptors (Lipinski definition) is 5. The predicted octanol–water partition coefficient (Wildman–Crippen LogP) is 0.689. The summed E-state index contributed by atoms with van der Waals surface area (Å²) in [5.74, 6) is -1.63. The van der Waals surface area contributed by atoms with E-state index in [4.69, 9.17) is 10.2 Å². The molecule has 6 heteroatoms. The quantitative estimate of drug-likeness (QED) is 0.343. The van der Waals surface area contributed by atoms with Crippen LogP contribution in [0.3, 0.4) is 0 Å². The van der Waals surface area contributed by atoms with Gasteiger partial charge >= 0.3 is 5.97 Å². The van der Waals surface area contributed by atoms with Gasteiger partial charge in [0.25, 0.3) is 0 Å². The maximum Gasteiger partial charge on any atom is 0.330 e. The van der Waals surface area contributed by atoms with Crippen LogP contribution in [0.2, 0.25) is 0 Å². The summed E-state index contributed by atoms with van der Waals surface area (Å²) < 4.78 is 0. The zero-order valence-corrected chi connectivity index (χ0v) is 9.34. The highest BCUT2D eigenvalue weighted by molar-refractivity contribution is 5.78. The second-order valence-corrected chi connectivity index (χ2v) is 3.91. The minimum absolute atomic E-state index is 0.0925. The van der Waals surface area contributed by atoms with Gasteiger partial charge in [-0.05, 0) is 24.6 Å². The molecule has 6 nitrogen and oxygen atoms in total. The number of nitrogens with one attached hydrogen (secondary N) is 1. The van der Waals surface area contributed by atoms with Crippen molar-refractivity contribution in [3.8, 4) is 11.5 Å². The summed E-state index contributed by atoms with van der Waals surface area (Å²) in [6.07, 6.45) is 0.0925. The number of aliphatic carboxylic acids is 1. The number of carboxylic acid groups (broad SMARTS) is 1. The molecule has 0 radical (unpaired) electrons. The molecule has 0 heterocycles. The summed E-state index contributed by atoms with van der Waals surface area (Å²) in [4.78, 5) is 11.1. The molecule has 17 heavy (non-hydrogen) atoms. The monoisotopic (exact) mass is 238 g/mol. The van der Waals surface area contributed by atoms with E-state index in [9.17, 15) is 9.90 Å². The highest BCUT2D eigenvalue weighted by atomic mass is 16.4. The second kappa shape index (κ2) is 4.73. The van der Waals surface area contributed by atoms with Crippen molar-refractivity contribution in [3.63, 3.8) is 0 Å². The van der Waals surface area contributed by atoms with E-state index in [1.165, 1.54) is 25.1 Å². The van der Waals surface area contributed by atoms with Crippen LogP contribution in [0.5, 0.6) is 11.5 Å². The molecular weight excluding hydrogens is 224 g/mol. The van der Waals surface area contributed by atoms with E-state index in [0.717, 1.165) is 0 Å². The summed E-state index contributed by atoms with van der Waals surface area (Å²) in [6.45, 7) is 4.64. The second-order valence-electron chi connectivity index (χ2n) is 3.91. The molecule has 0 spiro atoms. The zero-order valence-electron chi connectivity index (χ0n) is 9.34. The lowest BCUT2D eigenvalue weighted by Crippen LogP contribution is -2.48. The summed E-state index contributed by atoms with van der Waals surface area (Å²) in [5.41, 5.74) is 1.65. The Labute approximate surface area is 98.2 Å². The molecule has 0 saturated heterocycles. The lowest BCUT2D eigenvalue weighted by molar-refractivity contribution is -0.144. The molecule has 1 aromatic carbocycles. The first-order valence-electron chi connectivity index (χ1n) is 4.86. The van der Waals surface area contributed by atoms with Crippen LogP contribution in [0.4, 0.5) is 0 Å². The van der Waals surface area contributed by atoms with E-state index in [1.807, 2.05) is 0 Å². The number of hydrogen-bond donors (Lipinski definition) is 4. The number of carbonyl (C=O) groups is 1. The molecule has 1 aromatic rings. The lowest BCUT2D eigenvalue weighted by Gasteiger charge is -2.24. The van der Waals surface area contributed by atoms with Gasteiger partial charge in [-0.2, -0.15) is 5.10 Å². The third-order valence-electron chi connectivity index (χ3n) is 2.40. The molecule has 92 valence electrons. The van der Waals surface area contributed by atoms with Crippen LogP contribution in [0.25, 0.3) is 0 Å². The fraction of sp³-hybridized carbons (Fsp3) is 0.273. The maximum atomic E-state index is 11.1. The topological polar surface area (TPSA) is 102 Å². The Hall–Kier alpha value is -2.24. The smallest absolute Gasteiger partial charge is 0.330 e.